The number of hydrogen-bond acceptors (Lipinski definition) is 4. The van der Waals surface area contributed by atoms with Crippen LogP contribution < -0.4 is 10.6 Å². The molecule has 2 atom stereocenters. The SMILES string of the molecule is O=C(Nc1nc2ccc(NC(=O)C34CC5CC(C3)CC(c3ccccc3)(C5)C4)cc2s1)c1ccccc1. The van der Waals surface area contributed by atoms with Crippen LogP contribution in [-0.2, 0) is 10.2 Å². The fourth-order valence-corrected chi connectivity index (χ4v) is 8.64. The van der Waals surface area contributed by atoms with E-state index in [0.29, 0.717) is 22.5 Å². The van der Waals surface area contributed by atoms with Gasteiger partial charge in [0.25, 0.3) is 5.91 Å². The van der Waals surface area contributed by atoms with Crippen LogP contribution in [0.5, 0.6) is 0 Å². The van der Waals surface area contributed by atoms with E-state index >= 15 is 0 Å². The van der Waals surface area contributed by atoms with Gasteiger partial charge in [-0.3, -0.25) is 14.9 Å². The lowest BCUT2D eigenvalue weighted by Crippen LogP contribution is -2.57. The number of anilines is 2. The van der Waals surface area contributed by atoms with Crippen LogP contribution in [0.25, 0.3) is 10.2 Å². The van der Waals surface area contributed by atoms with Crippen molar-refractivity contribution in [2.75, 3.05) is 10.6 Å². The highest BCUT2D eigenvalue weighted by Crippen LogP contribution is 2.66. The van der Waals surface area contributed by atoms with E-state index in [1.54, 1.807) is 12.1 Å². The van der Waals surface area contributed by atoms with Crippen molar-refractivity contribution in [2.45, 2.75) is 43.9 Å². The maximum atomic E-state index is 13.9. The molecular weight excluding hydrogens is 478 g/mol. The van der Waals surface area contributed by atoms with Crippen LogP contribution in [0.3, 0.4) is 0 Å². The van der Waals surface area contributed by atoms with E-state index in [2.05, 4.69) is 45.9 Å². The summed E-state index contributed by atoms with van der Waals surface area (Å²) < 4.78 is 0.937. The second-order valence-electron chi connectivity index (χ2n) is 11.4. The Hall–Kier alpha value is -3.51. The first kappa shape index (κ1) is 22.7. The monoisotopic (exact) mass is 507 g/mol. The van der Waals surface area contributed by atoms with Gasteiger partial charge in [0.15, 0.2) is 5.13 Å². The van der Waals surface area contributed by atoms with E-state index < -0.39 is 0 Å². The largest absolute Gasteiger partial charge is 0.326 e. The highest BCUT2D eigenvalue weighted by atomic mass is 32.1. The maximum Gasteiger partial charge on any atom is 0.257 e. The van der Waals surface area contributed by atoms with Gasteiger partial charge in [-0.25, -0.2) is 4.98 Å². The third-order valence-corrected chi connectivity index (χ3v) is 9.77. The molecule has 2 unspecified atom stereocenters. The number of hydrogen-bond donors (Lipinski definition) is 2. The topological polar surface area (TPSA) is 71.1 Å². The van der Waals surface area contributed by atoms with Crippen molar-refractivity contribution in [2.24, 2.45) is 17.3 Å². The summed E-state index contributed by atoms with van der Waals surface area (Å²) in [5, 5.41) is 6.74. The van der Waals surface area contributed by atoms with Gasteiger partial charge in [-0.05, 0) is 91.7 Å². The Kier molecular flexibility index (Phi) is 5.22. The Morgan fingerprint density at radius 3 is 2.27 bits per heavy atom. The van der Waals surface area contributed by atoms with Crippen LogP contribution in [0.1, 0.15) is 54.4 Å². The molecule has 8 rings (SSSR count). The molecule has 4 fully saturated rings. The minimum atomic E-state index is -0.294. The second-order valence-corrected chi connectivity index (χ2v) is 12.4. The molecule has 3 aromatic carbocycles. The Morgan fingerprint density at radius 2 is 1.54 bits per heavy atom. The molecule has 4 aromatic rings. The van der Waals surface area contributed by atoms with Gasteiger partial charge in [0, 0.05) is 11.3 Å². The number of fused-ring (bicyclic) bond motifs is 1. The van der Waals surface area contributed by atoms with Gasteiger partial charge < -0.3 is 5.32 Å². The molecule has 2 amide bonds. The number of nitrogens with one attached hydrogen (secondary N) is 2. The van der Waals surface area contributed by atoms with E-state index in [1.807, 2.05) is 36.4 Å². The molecule has 6 heteroatoms. The van der Waals surface area contributed by atoms with Crippen LogP contribution in [0.2, 0.25) is 0 Å². The first-order chi connectivity index (χ1) is 18.0. The van der Waals surface area contributed by atoms with Crippen molar-refractivity contribution < 1.29 is 9.59 Å². The predicted octanol–water partition coefficient (Wildman–Crippen LogP) is 7.03. The van der Waals surface area contributed by atoms with Crippen LogP contribution >= 0.6 is 11.3 Å². The van der Waals surface area contributed by atoms with Gasteiger partial charge in [-0.1, -0.05) is 59.9 Å². The zero-order valence-electron chi connectivity index (χ0n) is 20.6. The van der Waals surface area contributed by atoms with Crippen LogP contribution in [0.4, 0.5) is 10.8 Å². The van der Waals surface area contributed by atoms with Gasteiger partial charge in [-0.15, -0.1) is 0 Å². The zero-order chi connectivity index (χ0) is 25.0. The molecule has 1 heterocycles. The lowest BCUT2D eigenvalue weighted by atomic mass is 9.42. The molecule has 4 saturated carbocycles. The minimum absolute atomic E-state index is 0.135. The summed E-state index contributed by atoms with van der Waals surface area (Å²) in [5.41, 5.74) is 3.46. The molecule has 2 N–H and O–H groups in total. The number of nitrogens with zero attached hydrogens (tertiary/aromatic N) is 1. The van der Waals surface area contributed by atoms with Crippen molar-refractivity contribution in [3.63, 3.8) is 0 Å². The van der Waals surface area contributed by atoms with E-state index in [4.69, 9.17) is 0 Å². The van der Waals surface area contributed by atoms with Gasteiger partial charge in [0.2, 0.25) is 5.91 Å². The molecule has 0 aliphatic heterocycles. The normalized spacial score (nSPS) is 27.8. The fraction of sp³-hybridized carbons (Fsp3) is 0.323. The number of rotatable bonds is 5. The van der Waals surface area contributed by atoms with E-state index in [1.165, 1.54) is 36.2 Å². The summed E-state index contributed by atoms with van der Waals surface area (Å²) in [6.45, 7) is 0. The summed E-state index contributed by atoms with van der Waals surface area (Å²) in [4.78, 5) is 31.0. The standard InChI is InChI=1S/C31H29N3O2S/c35-27(22-7-3-1-4-8-22)34-29-33-25-12-11-24(14-26(25)37-29)32-28(36)31-17-20-13-21(18-31)16-30(15-20,19-31)23-9-5-2-6-10-23/h1-12,14,20-21H,13,15-19H2,(H,32,36)(H,33,34,35). The van der Waals surface area contributed by atoms with Crippen molar-refractivity contribution in [1.82, 2.24) is 4.98 Å². The number of amides is 2. The molecular formula is C31H29N3O2S. The Morgan fingerprint density at radius 1 is 0.838 bits per heavy atom. The van der Waals surface area contributed by atoms with Gasteiger partial charge in [0.1, 0.15) is 0 Å². The van der Waals surface area contributed by atoms with E-state index in [0.717, 1.165) is 35.2 Å². The Labute approximate surface area is 220 Å². The van der Waals surface area contributed by atoms with Crippen molar-refractivity contribution in [1.29, 1.82) is 0 Å². The maximum absolute atomic E-state index is 13.9. The molecule has 4 bridgehead atoms. The number of benzene rings is 3. The van der Waals surface area contributed by atoms with Crippen molar-refractivity contribution >= 4 is 44.2 Å². The number of thiazole rings is 1. The first-order valence-electron chi connectivity index (χ1n) is 13.1. The molecule has 0 spiro atoms. The predicted molar refractivity (Wildman–Crippen MR) is 148 cm³/mol. The smallest absolute Gasteiger partial charge is 0.257 e. The summed E-state index contributed by atoms with van der Waals surface area (Å²) in [5.74, 6) is 1.25. The third kappa shape index (κ3) is 3.95. The van der Waals surface area contributed by atoms with Crippen LogP contribution in [0, 0.1) is 17.3 Å². The highest BCUT2D eigenvalue weighted by molar-refractivity contribution is 7.22. The highest BCUT2D eigenvalue weighted by Gasteiger charge is 2.60. The first-order valence-corrected chi connectivity index (χ1v) is 14.0. The fourth-order valence-electron chi connectivity index (χ4n) is 7.74. The quantitative estimate of drug-likeness (QED) is 0.305. The average molecular weight is 508 g/mol. The van der Waals surface area contributed by atoms with Gasteiger partial charge in [0.05, 0.1) is 15.6 Å². The second kappa shape index (κ2) is 8.52. The van der Waals surface area contributed by atoms with Crippen molar-refractivity contribution in [3.8, 4) is 0 Å². The van der Waals surface area contributed by atoms with E-state index in [-0.39, 0.29) is 22.6 Å². The molecule has 186 valence electrons. The Bertz CT molecular complexity index is 1480. The van der Waals surface area contributed by atoms with Crippen molar-refractivity contribution in [3.05, 3.63) is 90.0 Å². The zero-order valence-corrected chi connectivity index (χ0v) is 21.4. The lowest BCUT2D eigenvalue weighted by molar-refractivity contribution is -0.143. The summed E-state index contributed by atoms with van der Waals surface area (Å²) in [7, 11) is 0. The van der Waals surface area contributed by atoms with Crippen LogP contribution in [0.15, 0.2) is 78.9 Å². The summed E-state index contributed by atoms with van der Waals surface area (Å²) >= 11 is 1.42. The molecule has 0 radical (unpaired) electrons. The molecule has 37 heavy (non-hydrogen) atoms. The van der Waals surface area contributed by atoms with Gasteiger partial charge >= 0.3 is 0 Å². The molecule has 5 nitrogen and oxygen atoms in total. The summed E-state index contributed by atoms with van der Waals surface area (Å²) in [6.07, 6.45) is 6.65. The third-order valence-electron chi connectivity index (χ3n) is 8.83. The average Bonchev–Trinajstić information content (AvgIpc) is 3.30. The molecule has 1 aromatic heterocycles. The Balaban J connectivity index is 1.12. The van der Waals surface area contributed by atoms with Gasteiger partial charge in [-0.2, -0.15) is 0 Å². The number of carbonyl (C=O) groups excluding carboxylic acids is 2. The number of carbonyl (C=O) groups is 2. The molecule has 0 saturated heterocycles. The van der Waals surface area contributed by atoms with E-state index in [9.17, 15) is 9.59 Å². The molecule has 4 aliphatic rings. The molecule has 4 aliphatic carbocycles. The summed E-state index contributed by atoms with van der Waals surface area (Å²) in [6, 6.07) is 25.9. The number of aromatic nitrogens is 1. The van der Waals surface area contributed by atoms with Crippen LogP contribution in [-0.4, -0.2) is 16.8 Å². The lowest BCUT2D eigenvalue weighted by Gasteiger charge is -2.61. The minimum Gasteiger partial charge on any atom is -0.326 e.